The monoisotopic (exact) mass is 281 g/mol. The van der Waals surface area contributed by atoms with E-state index in [0.29, 0.717) is 17.7 Å². The van der Waals surface area contributed by atoms with Crippen LogP contribution in [0, 0.1) is 17.8 Å². The molecule has 0 spiro atoms. The van der Waals surface area contributed by atoms with Gasteiger partial charge in [0.15, 0.2) is 0 Å². The fourth-order valence-corrected chi connectivity index (χ4v) is 4.44. The molecule has 1 aliphatic rings. The van der Waals surface area contributed by atoms with E-state index >= 15 is 0 Å². The number of sulfonamides is 1. The van der Waals surface area contributed by atoms with Crippen LogP contribution in [0.5, 0.6) is 0 Å². The molecule has 1 fully saturated rings. The molecule has 0 aromatic heterocycles. The molecule has 0 aromatic carbocycles. The molecule has 1 aliphatic carbocycles. The summed E-state index contributed by atoms with van der Waals surface area (Å²) >= 11 is 5.66. The first-order valence-electron chi connectivity index (χ1n) is 6.41. The molecular weight excluding hydrogens is 258 g/mol. The van der Waals surface area contributed by atoms with Crippen LogP contribution in [0.2, 0.25) is 0 Å². The van der Waals surface area contributed by atoms with E-state index in [-0.39, 0.29) is 17.7 Å². The Kier molecular flexibility index (Phi) is 5.74. The van der Waals surface area contributed by atoms with Crippen molar-refractivity contribution in [3.63, 3.8) is 0 Å². The minimum Gasteiger partial charge on any atom is -0.212 e. The van der Waals surface area contributed by atoms with E-state index in [1.54, 1.807) is 0 Å². The Hall–Kier alpha value is 0.200. The van der Waals surface area contributed by atoms with E-state index in [0.717, 1.165) is 12.8 Å². The summed E-state index contributed by atoms with van der Waals surface area (Å²) in [4.78, 5) is 0. The number of rotatable bonds is 5. The first kappa shape index (κ1) is 15.3. The molecule has 4 atom stereocenters. The van der Waals surface area contributed by atoms with Gasteiger partial charge in [-0.3, -0.25) is 0 Å². The lowest BCUT2D eigenvalue weighted by atomic mass is 9.78. The van der Waals surface area contributed by atoms with Crippen molar-refractivity contribution in [2.75, 3.05) is 11.6 Å². The van der Waals surface area contributed by atoms with Crippen LogP contribution in [0.25, 0.3) is 0 Å². The van der Waals surface area contributed by atoms with E-state index in [2.05, 4.69) is 18.6 Å². The predicted molar refractivity (Wildman–Crippen MR) is 72.8 cm³/mol. The van der Waals surface area contributed by atoms with Crippen LogP contribution < -0.4 is 4.72 Å². The van der Waals surface area contributed by atoms with Crippen LogP contribution in [-0.4, -0.2) is 26.1 Å². The van der Waals surface area contributed by atoms with Crippen LogP contribution >= 0.6 is 11.6 Å². The maximum absolute atomic E-state index is 12.0. The van der Waals surface area contributed by atoms with Gasteiger partial charge in [-0.15, -0.1) is 11.6 Å². The van der Waals surface area contributed by atoms with Crippen molar-refractivity contribution in [2.45, 2.75) is 46.1 Å². The molecule has 102 valence electrons. The average Bonchev–Trinajstić information content (AvgIpc) is 2.23. The third-order valence-corrected chi connectivity index (χ3v) is 6.00. The smallest absolute Gasteiger partial charge is 0.212 e. The van der Waals surface area contributed by atoms with Crippen molar-refractivity contribution < 1.29 is 8.42 Å². The van der Waals surface area contributed by atoms with Crippen molar-refractivity contribution in [3.8, 4) is 0 Å². The lowest BCUT2D eigenvalue weighted by molar-refractivity contribution is 0.226. The van der Waals surface area contributed by atoms with Gasteiger partial charge in [-0.2, -0.15) is 0 Å². The molecule has 17 heavy (non-hydrogen) atoms. The second kappa shape index (κ2) is 6.39. The zero-order chi connectivity index (χ0) is 13.1. The minimum atomic E-state index is -3.18. The molecule has 0 radical (unpaired) electrons. The van der Waals surface area contributed by atoms with Gasteiger partial charge in [0.25, 0.3) is 0 Å². The van der Waals surface area contributed by atoms with Gasteiger partial charge < -0.3 is 0 Å². The van der Waals surface area contributed by atoms with Crippen LogP contribution in [0.4, 0.5) is 0 Å². The number of nitrogens with one attached hydrogen (secondary N) is 1. The molecule has 0 bridgehead atoms. The molecule has 1 N–H and O–H groups in total. The summed E-state index contributed by atoms with van der Waals surface area (Å²) in [5.41, 5.74) is 0. The van der Waals surface area contributed by atoms with Crippen molar-refractivity contribution in [2.24, 2.45) is 17.8 Å². The van der Waals surface area contributed by atoms with E-state index in [1.165, 1.54) is 6.42 Å². The van der Waals surface area contributed by atoms with Crippen LogP contribution in [0.1, 0.15) is 40.0 Å². The summed E-state index contributed by atoms with van der Waals surface area (Å²) in [5.74, 6) is 1.54. The van der Waals surface area contributed by atoms with Gasteiger partial charge in [0.2, 0.25) is 10.0 Å². The van der Waals surface area contributed by atoms with Crippen molar-refractivity contribution in [1.29, 1.82) is 0 Å². The Morgan fingerprint density at radius 2 is 2.00 bits per heavy atom. The maximum Gasteiger partial charge on any atom is 0.212 e. The molecule has 0 saturated heterocycles. The van der Waals surface area contributed by atoms with Crippen LogP contribution in [-0.2, 0) is 10.0 Å². The number of hydrogen-bond acceptors (Lipinski definition) is 2. The van der Waals surface area contributed by atoms with E-state index in [9.17, 15) is 8.42 Å². The van der Waals surface area contributed by atoms with Crippen LogP contribution in [0.15, 0.2) is 0 Å². The van der Waals surface area contributed by atoms with Gasteiger partial charge in [-0.25, -0.2) is 13.1 Å². The van der Waals surface area contributed by atoms with Crippen LogP contribution in [0.3, 0.4) is 0 Å². The third kappa shape index (κ3) is 4.76. The standard InChI is InChI=1S/C12H24ClNO2S/c1-9(7-13)8-17(15,16)14-12-6-4-5-10(2)11(12)3/h9-12,14H,4-8H2,1-3H3. The fraction of sp³-hybridized carbons (Fsp3) is 1.00. The molecule has 5 heteroatoms. The normalized spacial score (nSPS) is 32.4. The molecule has 0 heterocycles. The second-order valence-corrected chi connectivity index (χ2v) is 7.64. The SMILES string of the molecule is CC(CCl)CS(=O)(=O)NC1CCCC(C)C1C. The topological polar surface area (TPSA) is 46.2 Å². The molecule has 1 rings (SSSR count). The van der Waals surface area contributed by atoms with Gasteiger partial charge >= 0.3 is 0 Å². The Morgan fingerprint density at radius 3 is 2.59 bits per heavy atom. The Morgan fingerprint density at radius 1 is 1.35 bits per heavy atom. The first-order valence-corrected chi connectivity index (χ1v) is 8.60. The summed E-state index contributed by atoms with van der Waals surface area (Å²) in [6.07, 6.45) is 3.28. The molecule has 0 aromatic rings. The highest BCUT2D eigenvalue weighted by molar-refractivity contribution is 7.89. The van der Waals surface area contributed by atoms with Gasteiger partial charge in [-0.05, 0) is 24.2 Å². The highest BCUT2D eigenvalue weighted by atomic mass is 35.5. The van der Waals surface area contributed by atoms with Gasteiger partial charge in [-0.1, -0.05) is 33.6 Å². The maximum atomic E-state index is 12.0. The lowest BCUT2D eigenvalue weighted by Crippen LogP contribution is -2.45. The first-order chi connectivity index (χ1) is 7.85. The van der Waals surface area contributed by atoms with E-state index in [4.69, 9.17) is 11.6 Å². The summed E-state index contributed by atoms with van der Waals surface area (Å²) < 4.78 is 26.8. The third-order valence-electron chi connectivity index (χ3n) is 3.81. The minimum absolute atomic E-state index is 0.00508. The van der Waals surface area contributed by atoms with E-state index in [1.807, 2.05) is 6.92 Å². The zero-order valence-electron chi connectivity index (χ0n) is 10.9. The largest absolute Gasteiger partial charge is 0.212 e. The summed E-state index contributed by atoms with van der Waals surface area (Å²) in [5, 5.41) is 0. The highest BCUT2D eigenvalue weighted by Gasteiger charge is 2.30. The molecule has 0 amide bonds. The summed E-state index contributed by atoms with van der Waals surface area (Å²) in [6.45, 7) is 6.20. The van der Waals surface area contributed by atoms with Gasteiger partial charge in [0, 0.05) is 11.9 Å². The van der Waals surface area contributed by atoms with E-state index < -0.39 is 10.0 Å². The Labute approximate surface area is 110 Å². The fourth-order valence-electron chi connectivity index (χ4n) is 2.45. The van der Waals surface area contributed by atoms with Crippen molar-refractivity contribution >= 4 is 21.6 Å². The summed E-state index contributed by atoms with van der Waals surface area (Å²) in [6, 6.07) is 0.103. The average molecular weight is 282 g/mol. The molecule has 0 aliphatic heterocycles. The molecular formula is C12H24ClNO2S. The lowest BCUT2D eigenvalue weighted by Gasteiger charge is -2.34. The molecule has 3 nitrogen and oxygen atoms in total. The summed E-state index contributed by atoms with van der Waals surface area (Å²) in [7, 11) is -3.18. The van der Waals surface area contributed by atoms with Gasteiger partial charge in [0.05, 0.1) is 5.75 Å². The number of alkyl halides is 1. The predicted octanol–water partition coefficient (Wildman–Crippen LogP) is 2.61. The molecule has 4 unspecified atom stereocenters. The zero-order valence-corrected chi connectivity index (χ0v) is 12.5. The number of halogens is 1. The highest BCUT2D eigenvalue weighted by Crippen LogP contribution is 2.29. The van der Waals surface area contributed by atoms with Crippen molar-refractivity contribution in [1.82, 2.24) is 4.72 Å². The van der Waals surface area contributed by atoms with Crippen molar-refractivity contribution in [3.05, 3.63) is 0 Å². The molecule has 1 saturated carbocycles. The Bertz CT molecular complexity index is 331. The number of hydrogen-bond donors (Lipinski definition) is 1. The second-order valence-electron chi connectivity index (χ2n) is 5.53. The van der Waals surface area contributed by atoms with Gasteiger partial charge in [0.1, 0.15) is 0 Å². The quantitative estimate of drug-likeness (QED) is 0.788. The Balaban J connectivity index is 2.57.